The summed E-state index contributed by atoms with van der Waals surface area (Å²) >= 11 is 0. The number of carbonyl (C=O) groups excluding carboxylic acids is 2. The zero-order valence-corrected chi connectivity index (χ0v) is 21.9. The van der Waals surface area contributed by atoms with Gasteiger partial charge >= 0.3 is 0 Å². The summed E-state index contributed by atoms with van der Waals surface area (Å²) in [6.07, 6.45) is 4.22. The molecular formula is C25H37N7O5. The monoisotopic (exact) mass is 515 g/mol. The zero-order chi connectivity index (χ0) is 26.2. The molecule has 1 aliphatic carbocycles. The predicted octanol–water partition coefficient (Wildman–Crippen LogP) is 0.965. The van der Waals surface area contributed by atoms with Gasteiger partial charge in [0, 0.05) is 37.8 Å². The van der Waals surface area contributed by atoms with Gasteiger partial charge in [-0.2, -0.15) is 4.80 Å². The largest absolute Gasteiger partial charge is 0.493 e. The summed E-state index contributed by atoms with van der Waals surface area (Å²) < 4.78 is 16.1. The molecule has 0 spiro atoms. The third kappa shape index (κ3) is 6.95. The van der Waals surface area contributed by atoms with Crippen LogP contribution in [0.4, 0.5) is 0 Å². The average Bonchev–Trinajstić information content (AvgIpc) is 3.61. The fraction of sp³-hybridized carbons (Fsp3) is 0.640. The van der Waals surface area contributed by atoms with Crippen molar-refractivity contribution in [3.8, 4) is 22.9 Å². The normalized spacial score (nSPS) is 17.4. The molecule has 37 heavy (non-hydrogen) atoms. The van der Waals surface area contributed by atoms with Gasteiger partial charge in [0.2, 0.25) is 17.6 Å². The third-order valence-corrected chi connectivity index (χ3v) is 7.00. The molecule has 2 aromatic rings. The number of tetrazole rings is 1. The number of methoxy groups -OCH3 is 2. The number of carbonyl (C=O) groups is 2. The summed E-state index contributed by atoms with van der Waals surface area (Å²) in [5, 5.41) is 15.7. The lowest BCUT2D eigenvalue weighted by molar-refractivity contribution is -0.141. The fourth-order valence-corrected chi connectivity index (χ4v) is 4.75. The van der Waals surface area contributed by atoms with Crippen LogP contribution in [0.3, 0.4) is 0 Å². The lowest BCUT2D eigenvalue weighted by Gasteiger charge is -2.33. The van der Waals surface area contributed by atoms with Gasteiger partial charge in [-0.3, -0.25) is 14.5 Å². The molecule has 1 N–H and O–H groups in total. The lowest BCUT2D eigenvalue weighted by Crippen LogP contribution is -2.53. The highest BCUT2D eigenvalue weighted by atomic mass is 16.5. The predicted molar refractivity (Wildman–Crippen MR) is 135 cm³/mol. The Morgan fingerprint density at radius 2 is 1.89 bits per heavy atom. The van der Waals surface area contributed by atoms with Crippen molar-refractivity contribution in [2.24, 2.45) is 0 Å². The lowest BCUT2D eigenvalue weighted by atomic mass is 10.2. The van der Waals surface area contributed by atoms with E-state index in [1.165, 1.54) is 4.80 Å². The van der Waals surface area contributed by atoms with E-state index in [-0.39, 0.29) is 24.4 Å². The highest BCUT2D eigenvalue weighted by Gasteiger charge is 2.29. The highest BCUT2D eigenvalue weighted by Crippen LogP contribution is 2.30. The van der Waals surface area contributed by atoms with Crippen LogP contribution < -0.4 is 14.8 Å². The first kappa shape index (κ1) is 26.8. The Morgan fingerprint density at radius 3 is 2.59 bits per heavy atom. The van der Waals surface area contributed by atoms with Crippen LogP contribution in [-0.2, 0) is 20.9 Å². The second-order valence-electron chi connectivity index (χ2n) is 9.42. The first-order valence-electron chi connectivity index (χ1n) is 12.9. The topological polar surface area (TPSA) is 124 Å². The van der Waals surface area contributed by atoms with Crippen molar-refractivity contribution in [3.05, 3.63) is 18.2 Å². The number of benzene rings is 1. The minimum atomic E-state index is -0.608. The van der Waals surface area contributed by atoms with Crippen molar-refractivity contribution in [3.63, 3.8) is 0 Å². The maximum atomic E-state index is 13.4. The number of rotatable bonds is 11. The number of hydrogen-bond acceptors (Lipinski definition) is 9. The summed E-state index contributed by atoms with van der Waals surface area (Å²) in [6.45, 7) is 5.72. The molecule has 2 fully saturated rings. The molecular weight excluding hydrogens is 478 g/mol. The minimum absolute atomic E-state index is 0.121. The van der Waals surface area contributed by atoms with E-state index in [0.29, 0.717) is 49.2 Å². The Morgan fingerprint density at radius 1 is 1.16 bits per heavy atom. The molecule has 0 bridgehead atoms. The van der Waals surface area contributed by atoms with Gasteiger partial charge in [-0.1, -0.05) is 12.8 Å². The number of amides is 2. The smallest absolute Gasteiger partial charge is 0.246 e. The van der Waals surface area contributed by atoms with Crippen molar-refractivity contribution in [1.29, 1.82) is 0 Å². The Balaban J connectivity index is 1.44. The van der Waals surface area contributed by atoms with Crippen LogP contribution in [0.2, 0.25) is 0 Å². The SMILES string of the molecule is COc1ccc(-c2nnn(CC(=O)N(CCN3CCOCC3)[C@H](C)C(=O)NC3CCCC3)n2)cc1OC. The van der Waals surface area contributed by atoms with E-state index < -0.39 is 6.04 Å². The van der Waals surface area contributed by atoms with E-state index in [2.05, 4.69) is 25.6 Å². The van der Waals surface area contributed by atoms with Gasteiger partial charge in [-0.05, 0) is 43.2 Å². The number of ether oxygens (including phenoxy) is 3. The number of nitrogens with one attached hydrogen (secondary N) is 1. The number of morpholine rings is 1. The first-order chi connectivity index (χ1) is 18.0. The Bertz CT molecular complexity index is 1050. The van der Waals surface area contributed by atoms with Gasteiger partial charge in [0.15, 0.2) is 11.5 Å². The molecule has 12 heteroatoms. The second kappa shape index (κ2) is 12.8. The first-order valence-corrected chi connectivity index (χ1v) is 12.9. The molecule has 1 saturated carbocycles. The maximum Gasteiger partial charge on any atom is 0.246 e. The van der Waals surface area contributed by atoms with Crippen molar-refractivity contribution < 1.29 is 23.8 Å². The molecule has 4 rings (SSSR count). The molecule has 1 atom stereocenters. The average molecular weight is 516 g/mol. The van der Waals surface area contributed by atoms with Gasteiger partial charge in [0.05, 0.1) is 27.4 Å². The molecule has 1 aromatic carbocycles. The van der Waals surface area contributed by atoms with Crippen molar-refractivity contribution in [2.45, 2.75) is 51.2 Å². The third-order valence-electron chi connectivity index (χ3n) is 7.00. The van der Waals surface area contributed by atoms with Gasteiger partial charge in [0.1, 0.15) is 12.6 Å². The van der Waals surface area contributed by atoms with Gasteiger partial charge < -0.3 is 24.4 Å². The summed E-state index contributed by atoms with van der Waals surface area (Å²) in [6, 6.07) is 4.90. The van der Waals surface area contributed by atoms with Crippen LogP contribution >= 0.6 is 0 Å². The van der Waals surface area contributed by atoms with E-state index in [4.69, 9.17) is 14.2 Å². The Kier molecular flexibility index (Phi) is 9.29. The molecule has 0 unspecified atom stereocenters. The van der Waals surface area contributed by atoms with E-state index in [0.717, 1.165) is 38.8 Å². The zero-order valence-electron chi connectivity index (χ0n) is 21.9. The summed E-state index contributed by atoms with van der Waals surface area (Å²) in [5.41, 5.74) is 0.685. The van der Waals surface area contributed by atoms with Crippen molar-refractivity contribution in [1.82, 2.24) is 35.3 Å². The molecule has 1 saturated heterocycles. The maximum absolute atomic E-state index is 13.4. The molecule has 12 nitrogen and oxygen atoms in total. The van der Waals surface area contributed by atoms with Crippen molar-refractivity contribution in [2.75, 3.05) is 53.6 Å². The quantitative estimate of drug-likeness (QED) is 0.466. The molecule has 2 amide bonds. The molecule has 0 radical (unpaired) electrons. The number of hydrogen-bond donors (Lipinski definition) is 1. The van der Waals surface area contributed by atoms with Gasteiger partial charge in [-0.25, -0.2) is 0 Å². The Hall–Kier alpha value is -3.25. The molecule has 202 valence electrons. The van der Waals surface area contributed by atoms with Crippen LogP contribution in [0, 0.1) is 0 Å². The van der Waals surface area contributed by atoms with Crippen LogP contribution in [0.1, 0.15) is 32.6 Å². The van der Waals surface area contributed by atoms with Gasteiger partial charge in [0.25, 0.3) is 0 Å². The van der Waals surface area contributed by atoms with Crippen LogP contribution in [0.25, 0.3) is 11.4 Å². The molecule has 1 aromatic heterocycles. The molecule has 1 aliphatic heterocycles. The van der Waals surface area contributed by atoms with E-state index in [1.54, 1.807) is 44.2 Å². The van der Waals surface area contributed by atoms with E-state index >= 15 is 0 Å². The molecule has 2 aliphatic rings. The van der Waals surface area contributed by atoms with Crippen LogP contribution in [0.15, 0.2) is 18.2 Å². The standard InChI is InChI=1S/C25H37N7O5/c1-18(25(34)26-20-6-4-5-7-20)31(11-10-30-12-14-37-15-13-30)23(33)17-32-28-24(27-29-32)19-8-9-21(35-2)22(16-19)36-3/h8-9,16,18,20H,4-7,10-15,17H2,1-3H3,(H,26,34)/t18-/m1/s1. The summed E-state index contributed by atoms with van der Waals surface area (Å²) in [4.78, 5) is 31.6. The van der Waals surface area contributed by atoms with Crippen molar-refractivity contribution >= 4 is 11.8 Å². The highest BCUT2D eigenvalue weighted by molar-refractivity contribution is 5.87. The summed E-state index contributed by atoms with van der Waals surface area (Å²) in [7, 11) is 3.12. The molecule has 2 heterocycles. The van der Waals surface area contributed by atoms with E-state index in [1.807, 2.05) is 0 Å². The Labute approximate surface area is 217 Å². The van der Waals surface area contributed by atoms with E-state index in [9.17, 15) is 9.59 Å². The second-order valence-corrected chi connectivity index (χ2v) is 9.42. The minimum Gasteiger partial charge on any atom is -0.493 e. The van der Waals surface area contributed by atoms with Crippen LogP contribution in [0.5, 0.6) is 11.5 Å². The number of aromatic nitrogens is 4. The van der Waals surface area contributed by atoms with Crippen LogP contribution in [-0.4, -0.2) is 108 Å². The number of nitrogens with zero attached hydrogens (tertiary/aromatic N) is 6. The fourth-order valence-electron chi connectivity index (χ4n) is 4.75. The van der Waals surface area contributed by atoms with Gasteiger partial charge in [-0.15, -0.1) is 10.2 Å². The summed E-state index contributed by atoms with van der Waals surface area (Å²) in [5.74, 6) is 1.14.